The number of piperazine rings is 1. The predicted octanol–water partition coefficient (Wildman–Crippen LogP) is 9.07. The summed E-state index contributed by atoms with van der Waals surface area (Å²) in [4.78, 5) is 35.4. The van der Waals surface area contributed by atoms with Gasteiger partial charge in [0.25, 0.3) is 0 Å². The Hall–Kier alpha value is -4.34. The topological polar surface area (TPSA) is 83.9 Å². The third-order valence-corrected chi connectivity index (χ3v) is 16.1. The number of benzene rings is 2. The fourth-order valence-electron chi connectivity index (χ4n) is 9.33. The zero-order valence-electron chi connectivity index (χ0n) is 34.6. The Labute approximate surface area is 336 Å². The number of anilines is 1. The Balaban J connectivity index is 1.23. The average Bonchev–Trinajstić information content (AvgIpc) is 3.97. The molecule has 12 heteroatoms. The number of rotatable bonds is 7. The summed E-state index contributed by atoms with van der Waals surface area (Å²) in [6.07, 6.45) is 10.1. The van der Waals surface area contributed by atoms with E-state index in [1.807, 2.05) is 31.7 Å². The Morgan fingerprint density at radius 1 is 1.05 bits per heavy atom. The molecule has 0 spiro atoms. The Bertz CT molecular complexity index is 2270. The maximum absolute atomic E-state index is 17.5. The van der Waals surface area contributed by atoms with E-state index in [9.17, 15) is 4.79 Å². The molecule has 9 nitrogen and oxygen atoms in total. The van der Waals surface area contributed by atoms with Crippen molar-refractivity contribution in [2.24, 2.45) is 11.3 Å². The minimum Gasteiger partial charge on any atom is -0.463 e. The monoisotopic (exact) mass is 794 g/mol. The van der Waals surface area contributed by atoms with Crippen molar-refractivity contribution in [3.63, 3.8) is 0 Å². The summed E-state index contributed by atoms with van der Waals surface area (Å²) in [6, 6.07) is 10.8. The summed E-state index contributed by atoms with van der Waals surface area (Å²) in [5.41, 5.74) is 0.643. The number of terminal acetylenes is 1. The highest BCUT2D eigenvalue weighted by Crippen LogP contribution is 2.48. The summed E-state index contributed by atoms with van der Waals surface area (Å²) in [7, 11) is -1.15. The van der Waals surface area contributed by atoms with E-state index in [1.54, 1.807) is 18.2 Å². The molecule has 0 bridgehead atoms. The lowest BCUT2D eigenvalue weighted by molar-refractivity contribution is 0.00797. The summed E-state index contributed by atoms with van der Waals surface area (Å²) < 4.78 is 45.2. The van der Waals surface area contributed by atoms with E-state index in [1.165, 1.54) is 24.6 Å². The average molecular weight is 795 g/mol. The summed E-state index contributed by atoms with van der Waals surface area (Å²) in [6.45, 7) is 19.4. The number of fused-ring (bicyclic) bond motifs is 3. The lowest BCUT2D eigenvalue weighted by atomic mass is 9.92. The molecule has 3 aliphatic heterocycles. The van der Waals surface area contributed by atoms with Crippen LogP contribution in [0.4, 0.5) is 19.4 Å². The smallest absolute Gasteiger partial charge is 0.410 e. The number of nitrogens with zero attached hydrogens (tertiary/aromatic N) is 6. The van der Waals surface area contributed by atoms with Crippen LogP contribution in [-0.4, -0.2) is 95.9 Å². The quantitative estimate of drug-likeness (QED) is 0.135. The highest BCUT2D eigenvalue weighted by Gasteiger charge is 2.47. The van der Waals surface area contributed by atoms with Crippen LogP contribution < -0.4 is 9.64 Å². The second-order valence-corrected chi connectivity index (χ2v) is 24.3. The van der Waals surface area contributed by atoms with Crippen molar-refractivity contribution in [3.8, 4) is 29.6 Å². The zero-order chi connectivity index (χ0) is 40.4. The lowest BCUT2D eigenvalue weighted by Gasteiger charge is -2.48. The first-order valence-corrected chi connectivity index (χ1v) is 24.2. The van der Waals surface area contributed by atoms with Crippen LogP contribution in [0.1, 0.15) is 71.6 Å². The van der Waals surface area contributed by atoms with Crippen molar-refractivity contribution in [1.82, 2.24) is 24.8 Å². The highest BCUT2D eigenvalue weighted by atomic mass is 28.3. The van der Waals surface area contributed by atoms with Gasteiger partial charge in [-0.2, -0.15) is 9.97 Å². The Morgan fingerprint density at radius 3 is 2.56 bits per heavy atom. The summed E-state index contributed by atoms with van der Waals surface area (Å²) >= 11 is 0. The van der Waals surface area contributed by atoms with Crippen molar-refractivity contribution in [2.75, 3.05) is 44.2 Å². The molecule has 302 valence electrons. The molecule has 4 aromatic rings. The van der Waals surface area contributed by atoms with Gasteiger partial charge in [-0.3, -0.25) is 0 Å². The molecule has 1 aliphatic carbocycles. The number of pyridine rings is 1. The number of carbonyl (C=O) groups excluding carboxylic acids is 1. The van der Waals surface area contributed by atoms with Crippen LogP contribution >= 0.6 is 0 Å². The first kappa shape index (κ1) is 39.5. The van der Waals surface area contributed by atoms with E-state index in [0.29, 0.717) is 65.8 Å². The maximum atomic E-state index is 17.5. The van der Waals surface area contributed by atoms with Crippen molar-refractivity contribution >= 4 is 41.7 Å². The second kappa shape index (κ2) is 14.8. The molecule has 3 atom stereocenters. The number of ether oxygens (including phenoxy) is 2. The molecule has 5 heterocycles. The maximum Gasteiger partial charge on any atom is 0.410 e. The Morgan fingerprint density at radius 2 is 1.84 bits per heavy atom. The first-order valence-electron chi connectivity index (χ1n) is 20.8. The first-order chi connectivity index (χ1) is 27.1. The van der Waals surface area contributed by atoms with Gasteiger partial charge >= 0.3 is 12.1 Å². The number of halogens is 2. The summed E-state index contributed by atoms with van der Waals surface area (Å²) in [5.74, 6) is 1.86. The highest BCUT2D eigenvalue weighted by molar-refractivity contribution is 6.77. The van der Waals surface area contributed by atoms with Gasteiger partial charge in [0.05, 0.1) is 35.3 Å². The van der Waals surface area contributed by atoms with Crippen molar-refractivity contribution in [2.45, 2.75) is 110 Å². The normalized spacial score (nSPS) is 23.1. The Kier molecular flexibility index (Phi) is 10.2. The van der Waals surface area contributed by atoms with Gasteiger partial charge in [-0.1, -0.05) is 63.2 Å². The molecule has 8 rings (SSSR count). The molecule has 4 aliphatic rings. The molecule has 3 fully saturated rings. The second-order valence-electron chi connectivity index (χ2n) is 18.9. The van der Waals surface area contributed by atoms with Gasteiger partial charge < -0.3 is 24.2 Å². The third kappa shape index (κ3) is 7.70. The van der Waals surface area contributed by atoms with E-state index in [-0.39, 0.29) is 52.3 Å². The van der Waals surface area contributed by atoms with Crippen LogP contribution in [0.25, 0.3) is 32.9 Å². The van der Waals surface area contributed by atoms with E-state index in [2.05, 4.69) is 42.7 Å². The van der Waals surface area contributed by atoms with Gasteiger partial charge in [-0.15, -0.1) is 6.42 Å². The van der Waals surface area contributed by atoms with Crippen LogP contribution in [-0.2, 0) is 11.2 Å². The van der Waals surface area contributed by atoms with Crippen molar-refractivity contribution < 1.29 is 23.0 Å². The van der Waals surface area contributed by atoms with E-state index < -0.39 is 25.3 Å². The minimum atomic E-state index is -1.15. The van der Waals surface area contributed by atoms with Crippen LogP contribution in [0.5, 0.6) is 6.01 Å². The van der Waals surface area contributed by atoms with E-state index >= 15 is 8.78 Å². The van der Waals surface area contributed by atoms with Gasteiger partial charge in [0.2, 0.25) is 0 Å². The van der Waals surface area contributed by atoms with Crippen LogP contribution in [0, 0.1) is 35.3 Å². The molecule has 1 amide bonds. The van der Waals surface area contributed by atoms with Crippen LogP contribution in [0.15, 0.2) is 30.3 Å². The van der Waals surface area contributed by atoms with Crippen molar-refractivity contribution in [3.05, 3.63) is 53.2 Å². The molecule has 0 radical (unpaired) electrons. The lowest BCUT2D eigenvalue weighted by Crippen LogP contribution is -2.62. The molecule has 0 N–H and O–H groups in total. The van der Waals surface area contributed by atoms with Crippen molar-refractivity contribution in [1.29, 1.82) is 0 Å². The standard InChI is InChI=1S/C45H56F2N6O3Si/c1-9-30-24-53-35(25-52(30)43(54)56-44(4,5)6)28(3)23-34-37-40(38(47)39(48-34)32-14-11-13-29-15-16-33(46)31(10-2)36(29)32)49-42(50-41(37)53)55-27-45(17-18-45)26-51-19-12-21-57(7,8)22-20-51/h2,11,13-16,28,30,35H,9,12,17-27H2,1,3-8H3/t28-,30+,35+/m0/s1. The van der Waals surface area contributed by atoms with Gasteiger partial charge in [0, 0.05) is 44.1 Å². The minimum absolute atomic E-state index is 0.0115. The van der Waals surface area contributed by atoms with Crippen LogP contribution in [0.3, 0.4) is 0 Å². The number of carbonyl (C=O) groups is 1. The van der Waals surface area contributed by atoms with Gasteiger partial charge in [-0.05, 0) is 89.4 Å². The SMILES string of the molecule is C#Cc1c(F)ccc2cccc(-c3nc4c5c(nc(OCC6(CN7CCC[Si](C)(C)CC7)CC6)nc5c3F)N3C[C@@H](CC)N(C(=O)OC(C)(C)C)C[C@@H]3[C@@H](C)C4)c12. The molecule has 2 saturated heterocycles. The molecular weight excluding hydrogens is 739 g/mol. The summed E-state index contributed by atoms with van der Waals surface area (Å²) in [5, 5.41) is 1.65. The third-order valence-electron chi connectivity index (χ3n) is 12.8. The predicted molar refractivity (Wildman–Crippen MR) is 224 cm³/mol. The molecule has 2 aromatic heterocycles. The molecule has 2 aromatic carbocycles. The molecule has 57 heavy (non-hydrogen) atoms. The van der Waals surface area contributed by atoms with Gasteiger partial charge in [0.1, 0.15) is 28.4 Å². The largest absolute Gasteiger partial charge is 0.463 e. The fourth-order valence-corrected chi connectivity index (χ4v) is 11.6. The van der Waals surface area contributed by atoms with Gasteiger partial charge in [-0.25, -0.2) is 18.6 Å². The molecule has 1 saturated carbocycles. The van der Waals surface area contributed by atoms with Gasteiger partial charge in [0.15, 0.2) is 5.82 Å². The number of hydrogen-bond donors (Lipinski definition) is 0. The number of amides is 1. The van der Waals surface area contributed by atoms with E-state index in [4.69, 9.17) is 30.8 Å². The fraction of sp³-hybridized carbons (Fsp3) is 0.556. The zero-order valence-corrected chi connectivity index (χ0v) is 35.6. The number of hydrogen-bond acceptors (Lipinski definition) is 8. The number of aromatic nitrogens is 3. The molecular formula is C45H56F2N6O3Si. The molecule has 0 unspecified atom stereocenters. The van der Waals surface area contributed by atoms with Crippen LogP contribution in [0.2, 0.25) is 25.2 Å². The van der Waals surface area contributed by atoms with E-state index in [0.717, 1.165) is 32.5 Å².